The molecule has 0 aromatic heterocycles. The molecule has 0 radical (unpaired) electrons. The smallest absolute Gasteiger partial charge is 0.257 e. The SMILES string of the molecule is Cc1cc(NC(=O)c2cc(Br)ccc2Cl)c(C)cc1N. The molecule has 0 atom stereocenters. The third-order valence-electron chi connectivity index (χ3n) is 3.03. The molecule has 0 heterocycles. The summed E-state index contributed by atoms with van der Waals surface area (Å²) in [5.74, 6) is -0.247. The van der Waals surface area contributed by atoms with Crippen molar-refractivity contribution in [1.82, 2.24) is 0 Å². The molecule has 20 heavy (non-hydrogen) atoms. The molecule has 0 aliphatic carbocycles. The van der Waals surface area contributed by atoms with Gasteiger partial charge in [0.15, 0.2) is 0 Å². The van der Waals surface area contributed by atoms with Crippen molar-refractivity contribution in [2.24, 2.45) is 0 Å². The molecule has 0 fully saturated rings. The lowest BCUT2D eigenvalue weighted by atomic mass is 10.1. The second-order valence-electron chi connectivity index (χ2n) is 4.60. The molecule has 0 spiro atoms. The third-order valence-corrected chi connectivity index (χ3v) is 3.86. The first-order valence-corrected chi connectivity index (χ1v) is 7.18. The molecule has 3 nitrogen and oxygen atoms in total. The van der Waals surface area contributed by atoms with E-state index in [0.717, 1.165) is 21.3 Å². The number of benzene rings is 2. The van der Waals surface area contributed by atoms with Gasteiger partial charge in [-0.25, -0.2) is 0 Å². The van der Waals surface area contributed by atoms with Gasteiger partial charge in [0.05, 0.1) is 10.6 Å². The normalized spacial score (nSPS) is 10.4. The van der Waals surface area contributed by atoms with Crippen LogP contribution in [0.5, 0.6) is 0 Å². The van der Waals surface area contributed by atoms with Gasteiger partial charge in [-0.3, -0.25) is 4.79 Å². The lowest BCUT2D eigenvalue weighted by Gasteiger charge is -2.12. The number of nitrogens with one attached hydrogen (secondary N) is 1. The van der Waals surface area contributed by atoms with Gasteiger partial charge in [0.25, 0.3) is 5.91 Å². The number of amides is 1. The average molecular weight is 354 g/mol. The molecule has 1 amide bonds. The second kappa shape index (κ2) is 5.85. The van der Waals surface area contributed by atoms with Gasteiger partial charge >= 0.3 is 0 Å². The zero-order valence-electron chi connectivity index (χ0n) is 11.1. The summed E-state index contributed by atoms with van der Waals surface area (Å²) in [6.45, 7) is 3.80. The van der Waals surface area contributed by atoms with Crippen LogP contribution < -0.4 is 11.1 Å². The lowest BCUT2D eigenvalue weighted by molar-refractivity contribution is 0.102. The molecule has 0 saturated carbocycles. The molecule has 0 aliphatic heterocycles. The van der Waals surface area contributed by atoms with E-state index in [9.17, 15) is 4.79 Å². The van der Waals surface area contributed by atoms with Crippen molar-refractivity contribution in [2.45, 2.75) is 13.8 Å². The predicted molar refractivity (Wildman–Crippen MR) is 87.4 cm³/mol. The lowest BCUT2D eigenvalue weighted by Crippen LogP contribution is -2.13. The van der Waals surface area contributed by atoms with E-state index < -0.39 is 0 Å². The molecule has 0 saturated heterocycles. The van der Waals surface area contributed by atoms with Crippen LogP contribution in [-0.2, 0) is 0 Å². The molecule has 0 unspecified atom stereocenters. The Hall–Kier alpha value is -1.52. The van der Waals surface area contributed by atoms with Crippen molar-refractivity contribution >= 4 is 44.8 Å². The fraction of sp³-hybridized carbons (Fsp3) is 0.133. The van der Waals surface area contributed by atoms with Crippen LogP contribution in [0, 0.1) is 13.8 Å². The highest BCUT2D eigenvalue weighted by Gasteiger charge is 2.13. The largest absolute Gasteiger partial charge is 0.399 e. The van der Waals surface area contributed by atoms with Crippen LogP contribution in [-0.4, -0.2) is 5.91 Å². The summed E-state index contributed by atoms with van der Waals surface area (Å²) in [5.41, 5.74) is 9.54. The number of hydrogen-bond acceptors (Lipinski definition) is 2. The first-order chi connectivity index (χ1) is 9.38. The van der Waals surface area contributed by atoms with Crippen molar-refractivity contribution in [3.05, 3.63) is 56.5 Å². The Bertz CT molecular complexity index is 686. The number of rotatable bonds is 2. The zero-order valence-corrected chi connectivity index (χ0v) is 13.5. The number of carbonyl (C=O) groups is 1. The van der Waals surface area contributed by atoms with Crippen LogP contribution in [0.2, 0.25) is 5.02 Å². The molecule has 2 aromatic carbocycles. The zero-order chi connectivity index (χ0) is 14.9. The van der Waals surface area contributed by atoms with Crippen LogP contribution in [0.1, 0.15) is 21.5 Å². The summed E-state index contributed by atoms with van der Waals surface area (Å²) >= 11 is 9.38. The predicted octanol–water partition coefficient (Wildman–Crippen LogP) is 4.55. The first kappa shape index (κ1) is 14.9. The van der Waals surface area contributed by atoms with Crippen molar-refractivity contribution in [2.75, 3.05) is 11.1 Å². The Labute approximate surface area is 131 Å². The fourth-order valence-electron chi connectivity index (χ4n) is 1.83. The molecule has 0 bridgehead atoms. The molecule has 2 rings (SSSR count). The second-order valence-corrected chi connectivity index (χ2v) is 5.92. The van der Waals surface area contributed by atoms with E-state index in [2.05, 4.69) is 21.2 Å². The summed E-state index contributed by atoms with van der Waals surface area (Å²) in [6.07, 6.45) is 0. The average Bonchev–Trinajstić information content (AvgIpc) is 2.38. The van der Waals surface area contributed by atoms with Gasteiger partial charge in [-0.05, 0) is 55.3 Å². The van der Waals surface area contributed by atoms with E-state index in [0.29, 0.717) is 16.3 Å². The van der Waals surface area contributed by atoms with Crippen LogP contribution >= 0.6 is 27.5 Å². The van der Waals surface area contributed by atoms with Gasteiger partial charge in [-0.2, -0.15) is 0 Å². The van der Waals surface area contributed by atoms with Crippen molar-refractivity contribution < 1.29 is 4.79 Å². The molecule has 0 aliphatic rings. The molecule has 104 valence electrons. The van der Waals surface area contributed by atoms with Crippen molar-refractivity contribution in [3.8, 4) is 0 Å². The monoisotopic (exact) mass is 352 g/mol. The highest BCUT2D eigenvalue weighted by Crippen LogP contribution is 2.25. The molecular formula is C15H14BrClN2O. The highest BCUT2D eigenvalue weighted by molar-refractivity contribution is 9.10. The Kier molecular flexibility index (Phi) is 4.35. The number of nitrogens with two attached hydrogens (primary N) is 1. The van der Waals surface area contributed by atoms with Gasteiger partial charge in [0.1, 0.15) is 0 Å². The summed E-state index contributed by atoms with van der Waals surface area (Å²) in [4.78, 5) is 12.3. The van der Waals surface area contributed by atoms with Gasteiger partial charge in [0.2, 0.25) is 0 Å². The minimum Gasteiger partial charge on any atom is -0.399 e. The number of carbonyl (C=O) groups excluding carboxylic acids is 1. The van der Waals surface area contributed by atoms with Crippen molar-refractivity contribution in [1.29, 1.82) is 0 Å². The maximum Gasteiger partial charge on any atom is 0.257 e. The number of anilines is 2. The summed E-state index contributed by atoms with van der Waals surface area (Å²) in [5, 5.41) is 3.28. The van der Waals surface area contributed by atoms with Crippen LogP contribution in [0.3, 0.4) is 0 Å². The van der Waals surface area contributed by atoms with Gasteiger partial charge < -0.3 is 11.1 Å². The molecule has 2 aromatic rings. The Morgan fingerprint density at radius 2 is 1.90 bits per heavy atom. The number of nitrogen functional groups attached to an aromatic ring is 1. The maximum absolute atomic E-state index is 12.3. The van der Waals surface area contributed by atoms with E-state index in [4.69, 9.17) is 17.3 Å². The number of hydrogen-bond donors (Lipinski definition) is 2. The minimum absolute atomic E-state index is 0.247. The van der Waals surface area contributed by atoms with E-state index in [1.807, 2.05) is 26.0 Å². The standard InChI is InChI=1S/C15H14BrClN2O/c1-8-6-14(9(2)5-13(8)18)19-15(20)11-7-10(16)3-4-12(11)17/h3-7H,18H2,1-2H3,(H,19,20). The van der Waals surface area contributed by atoms with Crippen LogP contribution in [0.15, 0.2) is 34.8 Å². The minimum atomic E-state index is -0.247. The van der Waals surface area contributed by atoms with E-state index in [-0.39, 0.29) is 5.91 Å². The maximum atomic E-state index is 12.3. The third kappa shape index (κ3) is 3.14. The summed E-state index contributed by atoms with van der Waals surface area (Å²) < 4.78 is 0.803. The molecule has 3 N–H and O–H groups in total. The fourth-order valence-corrected chi connectivity index (χ4v) is 2.40. The number of halogens is 2. The van der Waals surface area contributed by atoms with Gasteiger partial charge in [-0.15, -0.1) is 0 Å². The van der Waals surface area contributed by atoms with E-state index in [1.54, 1.807) is 18.2 Å². The Balaban J connectivity index is 2.32. The molecule has 5 heteroatoms. The summed E-state index contributed by atoms with van der Waals surface area (Å²) in [6, 6.07) is 8.86. The van der Waals surface area contributed by atoms with E-state index >= 15 is 0 Å². The van der Waals surface area contributed by atoms with Crippen molar-refractivity contribution in [3.63, 3.8) is 0 Å². The molecular weight excluding hydrogens is 340 g/mol. The Morgan fingerprint density at radius 3 is 2.60 bits per heavy atom. The number of aryl methyl sites for hydroxylation is 2. The highest BCUT2D eigenvalue weighted by atomic mass is 79.9. The quantitative estimate of drug-likeness (QED) is 0.778. The van der Waals surface area contributed by atoms with Crippen LogP contribution in [0.25, 0.3) is 0 Å². The Morgan fingerprint density at radius 1 is 1.20 bits per heavy atom. The first-order valence-electron chi connectivity index (χ1n) is 6.01. The topological polar surface area (TPSA) is 55.1 Å². The van der Waals surface area contributed by atoms with Gasteiger partial charge in [0, 0.05) is 15.8 Å². The van der Waals surface area contributed by atoms with Crippen LogP contribution in [0.4, 0.5) is 11.4 Å². The summed E-state index contributed by atoms with van der Waals surface area (Å²) in [7, 11) is 0. The van der Waals surface area contributed by atoms with Gasteiger partial charge in [-0.1, -0.05) is 27.5 Å². The van der Waals surface area contributed by atoms with E-state index in [1.165, 1.54) is 0 Å².